The summed E-state index contributed by atoms with van der Waals surface area (Å²) in [6.07, 6.45) is 3.24. The maximum Gasteiger partial charge on any atom is 0.165 e. The molecule has 106 valence electrons. The summed E-state index contributed by atoms with van der Waals surface area (Å²) in [6, 6.07) is 0. The Hall–Kier alpha value is -0.930. The number of phenolic OH excluding ortho intramolecular Hbond substituents is 1. The molecule has 1 atom stereocenters. The van der Waals surface area contributed by atoms with Crippen molar-refractivity contribution >= 4 is 11.6 Å². The minimum atomic E-state index is 0.257. The van der Waals surface area contributed by atoms with Crippen molar-refractivity contribution in [2.24, 2.45) is 5.92 Å². The van der Waals surface area contributed by atoms with E-state index in [9.17, 15) is 5.11 Å². The third kappa shape index (κ3) is 2.82. The number of benzene rings is 1. The number of aromatic hydroxyl groups is 1. The molecular weight excluding hydrogens is 262 g/mol. The first-order valence-corrected chi connectivity index (χ1v) is 7.19. The van der Waals surface area contributed by atoms with Crippen molar-refractivity contribution in [2.75, 3.05) is 20.2 Å². The zero-order valence-corrected chi connectivity index (χ0v) is 12.6. The van der Waals surface area contributed by atoms with E-state index in [1.54, 1.807) is 7.11 Å². The quantitative estimate of drug-likeness (QED) is 0.895. The van der Waals surface area contributed by atoms with E-state index in [-0.39, 0.29) is 5.75 Å². The molecule has 1 saturated heterocycles. The first kappa shape index (κ1) is 14.5. The number of hydrogen-bond donors (Lipinski definition) is 2. The topological polar surface area (TPSA) is 41.5 Å². The standard InChI is InChI=1S/C15H22ClNO2/c1-9-12(7-11-5-4-6-17-8-11)14(18)15(19-3)10(2)13(9)16/h11,17-18H,4-8H2,1-3H3. The Labute approximate surface area is 119 Å². The first-order valence-electron chi connectivity index (χ1n) is 6.81. The molecule has 1 fully saturated rings. The van der Waals surface area contributed by atoms with E-state index in [1.165, 1.54) is 12.8 Å². The van der Waals surface area contributed by atoms with Crippen LogP contribution in [0.25, 0.3) is 0 Å². The van der Waals surface area contributed by atoms with E-state index in [2.05, 4.69) is 5.32 Å². The second-order valence-electron chi connectivity index (χ2n) is 5.34. The zero-order valence-electron chi connectivity index (χ0n) is 11.8. The fraction of sp³-hybridized carbons (Fsp3) is 0.600. The van der Waals surface area contributed by atoms with Gasteiger partial charge in [-0.25, -0.2) is 0 Å². The van der Waals surface area contributed by atoms with Crippen LogP contribution in [0.3, 0.4) is 0 Å². The third-order valence-electron chi connectivity index (χ3n) is 4.05. The average molecular weight is 284 g/mol. The van der Waals surface area contributed by atoms with E-state index in [4.69, 9.17) is 16.3 Å². The largest absolute Gasteiger partial charge is 0.504 e. The summed E-state index contributed by atoms with van der Waals surface area (Å²) < 4.78 is 5.29. The monoisotopic (exact) mass is 283 g/mol. The Morgan fingerprint density at radius 3 is 2.68 bits per heavy atom. The van der Waals surface area contributed by atoms with Crippen molar-refractivity contribution < 1.29 is 9.84 Å². The number of nitrogens with one attached hydrogen (secondary N) is 1. The number of halogens is 1. The number of methoxy groups -OCH3 is 1. The smallest absolute Gasteiger partial charge is 0.165 e. The van der Waals surface area contributed by atoms with E-state index in [1.807, 2.05) is 13.8 Å². The average Bonchev–Trinajstić information content (AvgIpc) is 2.43. The van der Waals surface area contributed by atoms with Gasteiger partial charge in [0.1, 0.15) is 0 Å². The molecule has 19 heavy (non-hydrogen) atoms. The summed E-state index contributed by atoms with van der Waals surface area (Å²) in [7, 11) is 1.57. The lowest BCUT2D eigenvalue weighted by Gasteiger charge is -2.25. The second-order valence-corrected chi connectivity index (χ2v) is 5.72. The van der Waals surface area contributed by atoms with Gasteiger partial charge in [-0.15, -0.1) is 0 Å². The molecule has 0 amide bonds. The van der Waals surface area contributed by atoms with Crippen LogP contribution >= 0.6 is 11.6 Å². The molecule has 2 rings (SSSR count). The van der Waals surface area contributed by atoms with Crippen LogP contribution in [0.1, 0.15) is 29.5 Å². The van der Waals surface area contributed by atoms with Gasteiger partial charge in [0.25, 0.3) is 0 Å². The maximum absolute atomic E-state index is 10.4. The Kier molecular flexibility index (Phi) is 4.58. The summed E-state index contributed by atoms with van der Waals surface area (Å²) in [5, 5.41) is 14.5. The van der Waals surface area contributed by atoms with Gasteiger partial charge in [0, 0.05) is 11.1 Å². The molecule has 0 aromatic heterocycles. The lowest BCUT2D eigenvalue weighted by molar-refractivity contribution is 0.352. The lowest BCUT2D eigenvalue weighted by atomic mass is 9.89. The highest BCUT2D eigenvalue weighted by Crippen LogP contribution is 2.42. The van der Waals surface area contributed by atoms with Crippen LogP contribution in [0, 0.1) is 19.8 Å². The Morgan fingerprint density at radius 1 is 1.37 bits per heavy atom. The summed E-state index contributed by atoms with van der Waals surface area (Å²) in [4.78, 5) is 0. The molecule has 0 aliphatic carbocycles. The van der Waals surface area contributed by atoms with Crippen LogP contribution in [0.2, 0.25) is 5.02 Å². The van der Waals surface area contributed by atoms with Gasteiger partial charge in [0.05, 0.1) is 12.1 Å². The SMILES string of the molecule is COc1c(C)c(Cl)c(C)c(CC2CCCNC2)c1O. The van der Waals surface area contributed by atoms with Crippen molar-refractivity contribution in [1.29, 1.82) is 0 Å². The van der Waals surface area contributed by atoms with Crippen LogP contribution in [0.4, 0.5) is 0 Å². The van der Waals surface area contributed by atoms with Crippen molar-refractivity contribution in [3.05, 3.63) is 21.7 Å². The highest BCUT2D eigenvalue weighted by Gasteiger charge is 2.22. The molecule has 1 unspecified atom stereocenters. The minimum absolute atomic E-state index is 0.257. The van der Waals surface area contributed by atoms with Gasteiger partial charge in [-0.3, -0.25) is 0 Å². The van der Waals surface area contributed by atoms with Gasteiger partial charge in [0.15, 0.2) is 11.5 Å². The van der Waals surface area contributed by atoms with Gasteiger partial charge in [-0.1, -0.05) is 11.6 Å². The van der Waals surface area contributed by atoms with E-state index in [0.29, 0.717) is 16.7 Å². The molecule has 1 aromatic rings. The van der Waals surface area contributed by atoms with Crippen LogP contribution in [-0.2, 0) is 6.42 Å². The van der Waals surface area contributed by atoms with E-state index >= 15 is 0 Å². The van der Waals surface area contributed by atoms with E-state index < -0.39 is 0 Å². The number of piperidine rings is 1. The molecule has 3 nitrogen and oxygen atoms in total. The van der Waals surface area contributed by atoms with Crippen LogP contribution in [0.15, 0.2) is 0 Å². The zero-order chi connectivity index (χ0) is 14.0. The molecule has 1 aromatic carbocycles. The fourth-order valence-electron chi connectivity index (χ4n) is 2.89. The number of rotatable bonds is 3. The fourth-order valence-corrected chi connectivity index (χ4v) is 3.09. The molecule has 1 aliphatic rings. The molecule has 1 aliphatic heterocycles. The number of phenols is 1. The lowest BCUT2D eigenvalue weighted by Crippen LogP contribution is -2.31. The van der Waals surface area contributed by atoms with Gasteiger partial charge in [0.2, 0.25) is 0 Å². The van der Waals surface area contributed by atoms with Gasteiger partial charge < -0.3 is 15.2 Å². The molecule has 4 heteroatoms. The molecule has 0 radical (unpaired) electrons. The number of ether oxygens (including phenoxy) is 1. The van der Waals surface area contributed by atoms with Gasteiger partial charge in [-0.2, -0.15) is 0 Å². The summed E-state index contributed by atoms with van der Waals surface area (Å²) in [5.74, 6) is 1.32. The maximum atomic E-state index is 10.4. The Morgan fingerprint density at radius 2 is 2.11 bits per heavy atom. The van der Waals surface area contributed by atoms with Crippen molar-refractivity contribution in [3.8, 4) is 11.5 Å². The summed E-state index contributed by atoms with van der Waals surface area (Å²) in [5.41, 5.74) is 2.72. The Balaban J connectivity index is 2.35. The molecular formula is C15H22ClNO2. The third-order valence-corrected chi connectivity index (χ3v) is 4.62. The van der Waals surface area contributed by atoms with Gasteiger partial charge in [-0.05, 0) is 57.7 Å². The predicted octanol–water partition coefficient (Wildman–Crippen LogP) is 3.21. The number of hydrogen-bond acceptors (Lipinski definition) is 3. The summed E-state index contributed by atoms with van der Waals surface area (Å²) in [6.45, 7) is 5.95. The normalized spacial score (nSPS) is 19.5. The first-order chi connectivity index (χ1) is 9.06. The Bertz CT molecular complexity index is 468. The summed E-state index contributed by atoms with van der Waals surface area (Å²) >= 11 is 6.35. The van der Waals surface area contributed by atoms with Crippen molar-refractivity contribution in [3.63, 3.8) is 0 Å². The second kappa shape index (κ2) is 6.02. The van der Waals surface area contributed by atoms with Gasteiger partial charge >= 0.3 is 0 Å². The van der Waals surface area contributed by atoms with E-state index in [0.717, 1.165) is 36.2 Å². The molecule has 0 saturated carbocycles. The molecule has 2 N–H and O–H groups in total. The van der Waals surface area contributed by atoms with Crippen LogP contribution in [-0.4, -0.2) is 25.3 Å². The highest BCUT2D eigenvalue weighted by atomic mass is 35.5. The minimum Gasteiger partial charge on any atom is -0.504 e. The van der Waals surface area contributed by atoms with Crippen LogP contribution in [0.5, 0.6) is 11.5 Å². The molecule has 0 bridgehead atoms. The van der Waals surface area contributed by atoms with Crippen LogP contribution < -0.4 is 10.1 Å². The van der Waals surface area contributed by atoms with Crippen molar-refractivity contribution in [1.82, 2.24) is 5.32 Å². The van der Waals surface area contributed by atoms with Crippen molar-refractivity contribution in [2.45, 2.75) is 33.1 Å². The molecule has 1 heterocycles. The highest BCUT2D eigenvalue weighted by molar-refractivity contribution is 6.32. The molecule has 0 spiro atoms. The predicted molar refractivity (Wildman–Crippen MR) is 78.4 cm³/mol.